The van der Waals surface area contributed by atoms with Crippen molar-refractivity contribution in [2.45, 2.75) is 40.2 Å². The highest BCUT2D eigenvalue weighted by molar-refractivity contribution is 5.72. The van der Waals surface area contributed by atoms with Crippen LogP contribution >= 0.6 is 0 Å². The smallest absolute Gasteiger partial charge is 0.0919 e. The van der Waals surface area contributed by atoms with Crippen LogP contribution in [-0.4, -0.2) is 18.3 Å². The number of aliphatic imine (C=N–C) groups is 1. The number of hydrogen-bond acceptors (Lipinski definition) is 2. The van der Waals surface area contributed by atoms with Crippen molar-refractivity contribution in [3.8, 4) is 0 Å². The molecule has 2 aromatic carbocycles. The third kappa shape index (κ3) is 2.06. The number of benzene rings is 2. The van der Waals surface area contributed by atoms with Crippen molar-refractivity contribution in [3.05, 3.63) is 63.7 Å². The first-order valence-electron chi connectivity index (χ1n) is 7.80. The van der Waals surface area contributed by atoms with Crippen LogP contribution in [0.15, 0.2) is 35.3 Å². The van der Waals surface area contributed by atoms with Crippen LogP contribution in [0, 0.1) is 27.7 Å². The van der Waals surface area contributed by atoms with Gasteiger partial charge in [0.1, 0.15) is 0 Å². The SMILES string of the molecule is Cc1ccc2c(c1)C(C)(c1cc(C)cc(C)c1C)N(C)C=N2. The Morgan fingerprint density at radius 3 is 2.32 bits per heavy atom. The molecule has 1 atom stereocenters. The largest absolute Gasteiger partial charge is 0.352 e. The third-order valence-electron chi connectivity index (χ3n) is 5.09. The van der Waals surface area contributed by atoms with E-state index in [9.17, 15) is 0 Å². The Morgan fingerprint density at radius 2 is 1.59 bits per heavy atom. The molecule has 0 fully saturated rings. The highest BCUT2D eigenvalue weighted by Crippen LogP contribution is 2.44. The lowest BCUT2D eigenvalue weighted by molar-refractivity contribution is 0.290. The molecule has 22 heavy (non-hydrogen) atoms. The first-order valence-corrected chi connectivity index (χ1v) is 7.80. The molecule has 1 heterocycles. The first-order chi connectivity index (χ1) is 10.3. The van der Waals surface area contributed by atoms with Crippen LogP contribution < -0.4 is 0 Å². The average Bonchev–Trinajstić information content (AvgIpc) is 2.47. The summed E-state index contributed by atoms with van der Waals surface area (Å²) in [6, 6.07) is 11.1. The molecule has 3 rings (SSSR count). The van der Waals surface area contributed by atoms with E-state index in [4.69, 9.17) is 0 Å². The van der Waals surface area contributed by atoms with Gasteiger partial charge in [-0.3, -0.25) is 0 Å². The number of fused-ring (bicyclic) bond motifs is 1. The van der Waals surface area contributed by atoms with Crippen molar-refractivity contribution >= 4 is 12.0 Å². The summed E-state index contributed by atoms with van der Waals surface area (Å²) in [4.78, 5) is 6.84. The molecule has 0 spiro atoms. The van der Waals surface area contributed by atoms with Crippen molar-refractivity contribution in [1.29, 1.82) is 0 Å². The van der Waals surface area contributed by atoms with Gasteiger partial charge in [-0.2, -0.15) is 0 Å². The fourth-order valence-electron chi connectivity index (χ4n) is 3.49. The lowest BCUT2D eigenvalue weighted by Crippen LogP contribution is -2.44. The molecular formula is C20H24N2. The number of aryl methyl sites for hydroxylation is 3. The molecule has 2 aromatic rings. The van der Waals surface area contributed by atoms with Gasteiger partial charge in [-0.05, 0) is 57.4 Å². The Bertz CT molecular complexity index is 774. The van der Waals surface area contributed by atoms with Gasteiger partial charge in [0.2, 0.25) is 0 Å². The summed E-state index contributed by atoms with van der Waals surface area (Å²) in [6.07, 6.45) is 1.95. The van der Waals surface area contributed by atoms with E-state index < -0.39 is 0 Å². The fourth-order valence-corrected chi connectivity index (χ4v) is 3.49. The lowest BCUT2D eigenvalue weighted by atomic mass is 9.77. The van der Waals surface area contributed by atoms with E-state index in [1.165, 1.54) is 33.4 Å². The van der Waals surface area contributed by atoms with Gasteiger partial charge >= 0.3 is 0 Å². The van der Waals surface area contributed by atoms with Gasteiger partial charge in [-0.1, -0.05) is 35.4 Å². The Balaban J connectivity index is 2.34. The predicted molar refractivity (Wildman–Crippen MR) is 94.2 cm³/mol. The molecule has 2 nitrogen and oxygen atoms in total. The minimum absolute atomic E-state index is 0.191. The molecule has 0 aliphatic carbocycles. The first kappa shape index (κ1) is 14.8. The fraction of sp³-hybridized carbons (Fsp3) is 0.350. The highest BCUT2D eigenvalue weighted by atomic mass is 15.2. The molecule has 0 amide bonds. The average molecular weight is 292 g/mol. The molecule has 0 saturated carbocycles. The molecule has 114 valence electrons. The van der Waals surface area contributed by atoms with Crippen molar-refractivity contribution in [2.75, 3.05) is 7.05 Å². The molecule has 1 aliphatic heterocycles. The normalized spacial score (nSPS) is 20.2. The number of nitrogens with zero attached hydrogens (tertiary/aromatic N) is 2. The van der Waals surface area contributed by atoms with Crippen molar-refractivity contribution in [2.24, 2.45) is 4.99 Å². The Kier molecular flexibility index (Phi) is 3.36. The zero-order valence-electron chi connectivity index (χ0n) is 14.4. The van der Waals surface area contributed by atoms with Crippen LogP contribution in [-0.2, 0) is 5.54 Å². The van der Waals surface area contributed by atoms with Crippen LogP contribution in [0.2, 0.25) is 0 Å². The lowest BCUT2D eigenvalue weighted by Gasteiger charge is -2.43. The van der Waals surface area contributed by atoms with Gasteiger partial charge in [0.25, 0.3) is 0 Å². The van der Waals surface area contributed by atoms with E-state index in [2.05, 4.69) is 81.9 Å². The van der Waals surface area contributed by atoms with Gasteiger partial charge in [0.15, 0.2) is 0 Å². The Hall–Kier alpha value is -2.09. The summed E-state index contributed by atoms with van der Waals surface area (Å²) in [5.41, 5.74) is 8.83. The van der Waals surface area contributed by atoms with Crippen LogP contribution in [0.4, 0.5) is 5.69 Å². The van der Waals surface area contributed by atoms with E-state index >= 15 is 0 Å². The second-order valence-electron chi connectivity index (χ2n) is 6.70. The monoisotopic (exact) mass is 292 g/mol. The quantitative estimate of drug-likeness (QED) is 0.738. The van der Waals surface area contributed by atoms with E-state index in [1.807, 2.05) is 6.34 Å². The minimum Gasteiger partial charge on any atom is -0.352 e. The summed E-state index contributed by atoms with van der Waals surface area (Å²) in [6.45, 7) is 11.0. The molecule has 0 bridgehead atoms. The molecule has 0 N–H and O–H groups in total. The van der Waals surface area contributed by atoms with Crippen molar-refractivity contribution in [3.63, 3.8) is 0 Å². The summed E-state index contributed by atoms with van der Waals surface area (Å²) < 4.78 is 0. The molecule has 0 saturated heterocycles. The maximum Gasteiger partial charge on any atom is 0.0919 e. The minimum atomic E-state index is -0.191. The highest BCUT2D eigenvalue weighted by Gasteiger charge is 2.38. The van der Waals surface area contributed by atoms with Gasteiger partial charge in [-0.15, -0.1) is 0 Å². The van der Waals surface area contributed by atoms with Crippen molar-refractivity contribution < 1.29 is 0 Å². The van der Waals surface area contributed by atoms with Crippen LogP contribution in [0.1, 0.15) is 40.3 Å². The second-order valence-corrected chi connectivity index (χ2v) is 6.70. The van der Waals surface area contributed by atoms with E-state index in [-0.39, 0.29) is 5.54 Å². The van der Waals surface area contributed by atoms with Gasteiger partial charge in [0.05, 0.1) is 17.6 Å². The molecule has 1 aliphatic rings. The third-order valence-corrected chi connectivity index (χ3v) is 5.09. The van der Waals surface area contributed by atoms with Gasteiger partial charge in [-0.25, -0.2) is 4.99 Å². The summed E-state index contributed by atoms with van der Waals surface area (Å²) >= 11 is 0. The molecule has 0 aromatic heterocycles. The summed E-state index contributed by atoms with van der Waals surface area (Å²) in [7, 11) is 2.12. The maximum atomic E-state index is 4.61. The summed E-state index contributed by atoms with van der Waals surface area (Å²) in [5, 5.41) is 0. The van der Waals surface area contributed by atoms with E-state index in [1.54, 1.807) is 0 Å². The molecule has 0 radical (unpaired) electrons. The number of hydrogen-bond donors (Lipinski definition) is 0. The Labute approximate surface area is 133 Å². The van der Waals surface area contributed by atoms with Crippen LogP contribution in [0.5, 0.6) is 0 Å². The standard InChI is InChI=1S/C20H24N2/c1-13-7-8-19-18(10-13)20(5,22(6)12-21-19)17-11-14(2)9-15(3)16(17)4/h7-12H,1-6H3. The van der Waals surface area contributed by atoms with Gasteiger partial charge < -0.3 is 4.90 Å². The van der Waals surface area contributed by atoms with E-state index in [0.29, 0.717) is 0 Å². The molecule has 1 unspecified atom stereocenters. The summed E-state index contributed by atoms with van der Waals surface area (Å²) in [5.74, 6) is 0. The van der Waals surface area contributed by atoms with Crippen LogP contribution in [0.3, 0.4) is 0 Å². The van der Waals surface area contributed by atoms with Crippen LogP contribution in [0.25, 0.3) is 0 Å². The Morgan fingerprint density at radius 1 is 0.909 bits per heavy atom. The zero-order valence-corrected chi connectivity index (χ0v) is 14.4. The predicted octanol–water partition coefficient (Wildman–Crippen LogP) is 4.79. The molecule has 2 heteroatoms. The van der Waals surface area contributed by atoms with Crippen molar-refractivity contribution in [1.82, 2.24) is 4.90 Å². The number of rotatable bonds is 1. The van der Waals surface area contributed by atoms with E-state index in [0.717, 1.165) is 5.69 Å². The zero-order chi connectivity index (χ0) is 16.1. The van der Waals surface area contributed by atoms with Gasteiger partial charge in [0, 0.05) is 12.6 Å². The maximum absolute atomic E-state index is 4.61. The topological polar surface area (TPSA) is 15.6 Å². The molecular weight excluding hydrogens is 268 g/mol. The second kappa shape index (κ2) is 4.98.